The number of anilines is 1. The highest BCUT2D eigenvalue weighted by Crippen LogP contribution is 2.32. The lowest BCUT2D eigenvalue weighted by atomic mass is 9.78. The quantitative estimate of drug-likeness (QED) is 0.288. The maximum Gasteiger partial charge on any atom is 0.451 e. The van der Waals surface area contributed by atoms with Crippen molar-refractivity contribution in [3.05, 3.63) is 12.5 Å². The van der Waals surface area contributed by atoms with E-state index in [-0.39, 0.29) is 31.6 Å². The third-order valence-electron chi connectivity index (χ3n) is 4.08. The lowest BCUT2D eigenvalue weighted by Gasteiger charge is -2.25. The number of aliphatic carboxylic acids is 1. The standard InChI is InChI=1S/C11H20BN5O6S/c13-11(10(18)19)6-17(5-8(11)2-1-3-12(20)21)24(22,23)16-9-4-14-7-15-9/h4,7-8,16,20-21H,1-3,5-6,13H2,(H,14,15)(H,18,19)/t8-,11-/m0/s1. The minimum atomic E-state index is -3.99. The molecular weight excluding hydrogens is 341 g/mol. The molecule has 0 bridgehead atoms. The largest absolute Gasteiger partial charge is 0.480 e. The molecule has 2 atom stereocenters. The van der Waals surface area contributed by atoms with E-state index in [0.29, 0.717) is 6.42 Å². The number of carbonyl (C=O) groups is 1. The molecule has 7 N–H and O–H groups in total. The van der Waals surface area contributed by atoms with E-state index in [4.69, 9.17) is 15.8 Å². The monoisotopic (exact) mass is 361 g/mol. The van der Waals surface area contributed by atoms with Crippen molar-refractivity contribution < 1.29 is 28.4 Å². The van der Waals surface area contributed by atoms with E-state index < -0.39 is 34.8 Å². The maximum atomic E-state index is 12.4. The summed E-state index contributed by atoms with van der Waals surface area (Å²) < 4.78 is 28.0. The minimum Gasteiger partial charge on any atom is -0.480 e. The minimum absolute atomic E-state index is 0.0609. The molecule has 0 amide bonds. The van der Waals surface area contributed by atoms with Gasteiger partial charge in [0.25, 0.3) is 0 Å². The number of carboxylic acids is 1. The molecule has 0 unspecified atom stereocenters. The van der Waals surface area contributed by atoms with E-state index in [9.17, 15) is 18.3 Å². The average Bonchev–Trinajstić information content (AvgIpc) is 3.07. The molecule has 0 radical (unpaired) electrons. The number of hydrogen-bond acceptors (Lipinski definition) is 7. The third-order valence-corrected chi connectivity index (χ3v) is 5.52. The SMILES string of the molecule is N[C@@]1(C(=O)O)CN(S(=O)(=O)Nc2cnc[nH]2)C[C@@H]1CCCB(O)O. The van der Waals surface area contributed by atoms with Crippen LogP contribution < -0.4 is 10.5 Å². The number of H-pyrrole nitrogens is 1. The molecule has 0 aliphatic carbocycles. The fourth-order valence-corrected chi connectivity index (χ4v) is 4.01. The number of aromatic nitrogens is 2. The van der Waals surface area contributed by atoms with Crippen LogP contribution in [0.1, 0.15) is 12.8 Å². The first-order valence-corrected chi connectivity index (χ1v) is 8.74. The van der Waals surface area contributed by atoms with Crippen molar-refractivity contribution in [1.29, 1.82) is 0 Å². The van der Waals surface area contributed by atoms with Gasteiger partial charge in [0.05, 0.1) is 12.5 Å². The highest BCUT2D eigenvalue weighted by molar-refractivity contribution is 7.90. The molecule has 0 saturated carbocycles. The Morgan fingerprint density at radius 1 is 1.58 bits per heavy atom. The van der Waals surface area contributed by atoms with Gasteiger partial charge >= 0.3 is 23.3 Å². The number of hydrogen-bond donors (Lipinski definition) is 6. The van der Waals surface area contributed by atoms with Crippen LogP contribution in [0.25, 0.3) is 0 Å². The molecule has 1 aromatic heterocycles. The van der Waals surface area contributed by atoms with Gasteiger partial charge in [0, 0.05) is 19.0 Å². The highest BCUT2D eigenvalue weighted by Gasteiger charge is 2.52. The van der Waals surface area contributed by atoms with Gasteiger partial charge < -0.3 is 25.9 Å². The van der Waals surface area contributed by atoms with Crippen molar-refractivity contribution in [2.75, 3.05) is 17.8 Å². The summed E-state index contributed by atoms with van der Waals surface area (Å²) >= 11 is 0. The van der Waals surface area contributed by atoms with Crippen molar-refractivity contribution in [2.45, 2.75) is 24.7 Å². The first-order valence-electron chi connectivity index (χ1n) is 7.30. The van der Waals surface area contributed by atoms with Crippen LogP contribution in [0.3, 0.4) is 0 Å². The van der Waals surface area contributed by atoms with Gasteiger partial charge in [-0.2, -0.15) is 12.7 Å². The Labute approximate surface area is 139 Å². The summed E-state index contributed by atoms with van der Waals surface area (Å²) in [5.41, 5.74) is 4.21. The van der Waals surface area contributed by atoms with Crippen LogP contribution in [-0.2, 0) is 15.0 Å². The van der Waals surface area contributed by atoms with E-state index >= 15 is 0 Å². The second-order valence-corrected chi connectivity index (χ2v) is 7.49. The van der Waals surface area contributed by atoms with E-state index in [1.54, 1.807) is 0 Å². The Morgan fingerprint density at radius 2 is 2.29 bits per heavy atom. The molecule has 134 valence electrons. The normalized spacial score (nSPS) is 24.9. The van der Waals surface area contributed by atoms with Gasteiger partial charge in [0.1, 0.15) is 11.4 Å². The van der Waals surface area contributed by atoms with Crippen LogP contribution in [-0.4, -0.2) is 69.6 Å². The zero-order chi connectivity index (χ0) is 18.0. The summed E-state index contributed by atoms with van der Waals surface area (Å²) in [7, 11) is -5.49. The number of carboxylic acid groups (broad SMARTS) is 1. The Balaban J connectivity index is 2.11. The lowest BCUT2D eigenvalue weighted by molar-refractivity contribution is -0.144. The van der Waals surface area contributed by atoms with Crippen LogP contribution >= 0.6 is 0 Å². The number of nitrogens with two attached hydrogens (primary N) is 1. The summed E-state index contributed by atoms with van der Waals surface area (Å²) in [5.74, 6) is -1.79. The van der Waals surface area contributed by atoms with Crippen molar-refractivity contribution in [2.24, 2.45) is 11.7 Å². The van der Waals surface area contributed by atoms with Crippen molar-refractivity contribution in [1.82, 2.24) is 14.3 Å². The molecule has 2 heterocycles. The molecule has 1 saturated heterocycles. The zero-order valence-electron chi connectivity index (χ0n) is 12.8. The molecule has 1 aromatic rings. The summed E-state index contributed by atoms with van der Waals surface area (Å²) in [6, 6.07) is 0. The summed E-state index contributed by atoms with van der Waals surface area (Å²) in [4.78, 5) is 17.8. The third kappa shape index (κ3) is 4.05. The van der Waals surface area contributed by atoms with E-state index in [1.807, 2.05) is 0 Å². The second kappa shape index (κ2) is 7.07. The first kappa shape index (κ1) is 18.7. The molecule has 1 fully saturated rings. The number of imidazole rings is 1. The molecule has 0 spiro atoms. The average molecular weight is 361 g/mol. The Kier molecular flexibility index (Phi) is 5.50. The molecule has 11 nitrogen and oxygen atoms in total. The zero-order valence-corrected chi connectivity index (χ0v) is 13.6. The summed E-state index contributed by atoms with van der Waals surface area (Å²) in [6.45, 7) is -0.452. The Bertz CT molecular complexity index is 668. The summed E-state index contributed by atoms with van der Waals surface area (Å²) in [5, 5.41) is 27.2. The number of rotatable bonds is 8. The van der Waals surface area contributed by atoms with Crippen LogP contribution in [0.5, 0.6) is 0 Å². The fraction of sp³-hybridized carbons (Fsp3) is 0.636. The van der Waals surface area contributed by atoms with Gasteiger partial charge in [-0.05, 0) is 12.7 Å². The molecule has 24 heavy (non-hydrogen) atoms. The first-order chi connectivity index (χ1) is 11.1. The van der Waals surface area contributed by atoms with Gasteiger partial charge in [-0.15, -0.1) is 0 Å². The van der Waals surface area contributed by atoms with Gasteiger partial charge in [0.15, 0.2) is 0 Å². The topological polar surface area (TPSA) is 182 Å². The van der Waals surface area contributed by atoms with Gasteiger partial charge in [-0.25, -0.2) is 4.98 Å². The number of nitrogens with zero attached hydrogens (tertiary/aromatic N) is 2. The predicted molar refractivity (Wildman–Crippen MR) is 85.0 cm³/mol. The second-order valence-electron chi connectivity index (χ2n) is 5.82. The van der Waals surface area contributed by atoms with Crippen LogP contribution in [0.15, 0.2) is 12.5 Å². The van der Waals surface area contributed by atoms with Crippen LogP contribution in [0.2, 0.25) is 6.32 Å². The summed E-state index contributed by atoms with van der Waals surface area (Å²) in [6.07, 6.45) is 3.22. The predicted octanol–water partition coefficient (Wildman–Crippen LogP) is -1.97. The molecular formula is C11H20BN5O6S. The Morgan fingerprint density at radius 3 is 2.83 bits per heavy atom. The van der Waals surface area contributed by atoms with Crippen LogP contribution in [0.4, 0.5) is 5.82 Å². The van der Waals surface area contributed by atoms with Gasteiger partial charge in [0.2, 0.25) is 0 Å². The molecule has 2 rings (SSSR count). The lowest BCUT2D eigenvalue weighted by Crippen LogP contribution is -2.55. The van der Waals surface area contributed by atoms with E-state index in [1.165, 1.54) is 12.5 Å². The van der Waals surface area contributed by atoms with Gasteiger partial charge in [-0.3, -0.25) is 9.52 Å². The van der Waals surface area contributed by atoms with E-state index in [0.717, 1.165) is 4.31 Å². The smallest absolute Gasteiger partial charge is 0.451 e. The van der Waals surface area contributed by atoms with Crippen molar-refractivity contribution >= 4 is 29.1 Å². The van der Waals surface area contributed by atoms with Crippen molar-refractivity contribution in [3.63, 3.8) is 0 Å². The van der Waals surface area contributed by atoms with Crippen molar-refractivity contribution in [3.8, 4) is 0 Å². The maximum absolute atomic E-state index is 12.4. The fourth-order valence-electron chi connectivity index (χ4n) is 2.73. The van der Waals surface area contributed by atoms with Gasteiger partial charge in [-0.1, -0.05) is 6.42 Å². The van der Waals surface area contributed by atoms with E-state index in [2.05, 4.69) is 14.7 Å². The number of nitrogens with one attached hydrogen (secondary N) is 2. The number of aromatic amines is 1. The molecule has 1 aliphatic rings. The molecule has 13 heteroatoms. The molecule has 1 aliphatic heterocycles. The van der Waals surface area contributed by atoms with Crippen LogP contribution in [0, 0.1) is 5.92 Å². The highest BCUT2D eigenvalue weighted by atomic mass is 32.2. The molecule has 0 aromatic carbocycles. The Hall–Kier alpha value is -1.67.